The number of carbonyl (C=O) groups excluding carboxylic acids is 1. The third-order valence-corrected chi connectivity index (χ3v) is 4.62. The van der Waals surface area contributed by atoms with Gasteiger partial charge < -0.3 is 15.3 Å². The molecule has 1 saturated heterocycles. The van der Waals surface area contributed by atoms with Gasteiger partial charge in [-0.2, -0.15) is 0 Å². The number of nitrogens with one attached hydrogen (secondary N) is 1. The van der Waals surface area contributed by atoms with Gasteiger partial charge in [-0.3, -0.25) is 4.79 Å². The van der Waals surface area contributed by atoms with Crippen LogP contribution in [0.4, 0.5) is 0 Å². The first-order chi connectivity index (χ1) is 8.74. The lowest BCUT2D eigenvalue weighted by Gasteiger charge is -2.35. The van der Waals surface area contributed by atoms with Crippen LogP contribution in [0.2, 0.25) is 0 Å². The second kappa shape index (κ2) is 5.17. The lowest BCUT2D eigenvalue weighted by molar-refractivity contribution is -0.137. The van der Waals surface area contributed by atoms with Crippen molar-refractivity contribution in [2.75, 3.05) is 13.1 Å². The Morgan fingerprint density at radius 2 is 2.00 bits per heavy atom. The molecule has 4 heteroatoms. The zero-order chi connectivity index (χ0) is 12.5. The lowest BCUT2D eigenvalue weighted by Crippen LogP contribution is -2.52. The van der Waals surface area contributed by atoms with E-state index in [4.69, 9.17) is 0 Å². The second-order valence-corrected chi connectivity index (χ2v) is 6.18. The number of carbonyl (C=O) groups is 1. The summed E-state index contributed by atoms with van der Waals surface area (Å²) in [6.45, 7) is 1.65. The van der Waals surface area contributed by atoms with E-state index in [2.05, 4.69) is 5.32 Å². The van der Waals surface area contributed by atoms with Crippen LogP contribution in [0.3, 0.4) is 0 Å². The Kier molecular flexibility index (Phi) is 3.57. The molecule has 2 N–H and O–H groups in total. The summed E-state index contributed by atoms with van der Waals surface area (Å²) in [6, 6.07) is 0.640. The van der Waals surface area contributed by atoms with Gasteiger partial charge in [-0.05, 0) is 38.5 Å². The molecule has 0 aromatic rings. The third-order valence-electron chi connectivity index (χ3n) is 4.62. The van der Waals surface area contributed by atoms with Crippen LogP contribution < -0.4 is 5.32 Å². The van der Waals surface area contributed by atoms with Crippen molar-refractivity contribution in [1.29, 1.82) is 0 Å². The van der Waals surface area contributed by atoms with Crippen molar-refractivity contribution >= 4 is 5.91 Å². The first kappa shape index (κ1) is 12.4. The highest BCUT2D eigenvalue weighted by molar-refractivity contribution is 5.82. The van der Waals surface area contributed by atoms with E-state index in [1.807, 2.05) is 4.90 Å². The Balaban J connectivity index is 1.55. The molecule has 3 unspecified atom stereocenters. The minimum absolute atomic E-state index is 0.0461. The second-order valence-electron chi connectivity index (χ2n) is 6.18. The summed E-state index contributed by atoms with van der Waals surface area (Å²) in [4.78, 5) is 14.4. The molecule has 18 heavy (non-hydrogen) atoms. The van der Waals surface area contributed by atoms with Crippen molar-refractivity contribution < 1.29 is 9.90 Å². The molecule has 1 aliphatic heterocycles. The van der Waals surface area contributed by atoms with E-state index in [0.29, 0.717) is 12.0 Å². The zero-order valence-corrected chi connectivity index (χ0v) is 11.0. The van der Waals surface area contributed by atoms with Gasteiger partial charge in [0.25, 0.3) is 0 Å². The third kappa shape index (κ3) is 2.69. The molecule has 0 aromatic carbocycles. The Bertz CT molecular complexity index is 317. The van der Waals surface area contributed by atoms with E-state index < -0.39 is 0 Å². The van der Waals surface area contributed by atoms with Crippen LogP contribution in [0.1, 0.15) is 44.9 Å². The number of aliphatic hydroxyl groups excluding tert-OH is 1. The number of likely N-dealkylation sites (tertiary alicyclic amines) is 1. The van der Waals surface area contributed by atoms with E-state index in [9.17, 15) is 9.90 Å². The fourth-order valence-electron chi connectivity index (χ4n) is 3.32. The Morgan fingerprint density at radius 3 is 2.67 bits per heavy atom. The maximum atomic E-state index is 12.4. The van der Waals surface area contributed by atoms with E-state index in [1.54, 1.807) is 0 Å². The predicted octanol–water partition coefficient (Wildman–Crippen LogP) is 0.890. The maximum absolute atomic E-state index is 12.4. The van der Waals surface area contributed by atoms with Gasteiger partial charge in [0.15, 0.2) is 0 Å². The predicted molar refractivity (Wildman–Crippen MR) is 69.1 cm³/mol. The molecule has 1 heterocycles. The average molecular weight is 252 g/mol. The van der Waals surface area contributed by atoms with Gasteiger partial charge in [-0.1, -0.05) is 6.42 Å². The van der Waals surface area contributed by atoms with Crippen LogP contribution in [0.15, 0.2) is 0 Å². The van der Waals surface area contributed by atoms with Crippen molar-refractivity contribution in [2.45, 2.75) is 63.1 Å². The summed E-state index contributed by atoms with van der Waals surface area (Å²) >= 11 is 0. The molecule has 1 amide bonds. The zero-order valence-electron chi connectivity index (χ0n) is 11.0. The number of rotatable bonds is 4. The molecule has 4 nitrogen and oxygen atoms in total. The minimum atomic E-state index is -0.186. The van der Waals surface area contributed by atoms with Gasteiger partial charge >= 0.3 is 0 Å². The quantitative estimate of drug-likeness (QED) is 0.781. The van der Waals surface area contributed by atoms with E-state index in [0.717, 1.165) is 45.2 Å². The number of hydrogen-bond acceptors (Lipinski definition) is 3. The summed E-state index contributed by atoms with van der Waals surface area (Å²) in [5, 5.41) is 13.3. The van der Waals surface area contributed by atoms with Crippen LogP contribution in [-0.2, 0) is 4.79 Å². The molecule has 102 valence electrons. The molecule has 3 aliphatic rings. The standard InChI is InChI=1S/C14H24N2O2/c17-13-5-1-3-10(13)9-16-8-2-4-12(14(16)18)15-11-6-7-11/h10-13,15,17H,1-9H2. The highest BCUT2D eigenvalue weighted by atomic mass is 16.3. The summed E-state index contributed by atoms with van der Waals surface area (Å²) in [5.41, 5.74) is 0. The average Bonchev–Trinajstić information content (AvgIpc) is 3.08. The molecule has 0 radical (unpaired) electrons. The molecule has 3 rings (SSSR count). The summed E-state index contributed by atoms with van der Waals surface area (Å²) in [6.07, 6.45) is 7.45. The SMILES string of the molecule is O=C1C(NC2CC2)CCCN1CC1CCCC1O. The Hall–Kier alpha value is -0.610. The first-order valence-electron chi connectivity index (χ1n) is 7.47. The topological polar surface area (TPSA) is 52.6 Å². The molecular weight excluding hydrogens is 228 g/mol. The highest BCUT2D eigenvalue weighted by Crippen LogP contribution is 2.28. The van der Waals surface area contributed by atoms with E-state index in [1.165, 1.54) is 12.8 Å². The lowest BCUT2D eigenvalue weighted by atomic mass is 10.0. The molecular formula is C14H24N2O2. The molecule has 3 atom stereocenters. The number of piperidine rings is 1. The highest BCUT2D eigenvalue weighted by Gasteiger charge is 2.35. The van der Waals surface area contributed by atoms with Gasteiger partial charge in [-0.15, -0.1) is 0 Å². The van der Waals surface area contributed by atoms with Gasteiger partial charge in [0, 0.05) is 25.0 Å². The van der Waals surface area contributed by atoms with Crippen molar-refractivity contribution in [2.24, 2.45) is 5.92 Å². The molecule has 3 fully saturated rings. The Labute approximate surface area is 109 Å². The van der Waals surface area contributed by atoms with Gasteiger partial charge in [0.05, 0.1) is 12.1 Å². The summed E-state index contributed by atoms with van der Waals surface area (Å²) in [7, 11) is 0. The maximum Gasteiger partial charge on any atom is 0.239 e. The van der Waals surface area contributed by atoms with Crippen LogP contribution in [-0.4, -0.2) is 47.2 Å². The molecule has 0 spiro atoms. The van der Waals surface area contributed by atoms with Crippen molar-refractivity contribution in [3.05, 3.63) is 0 Å². The van der Waals surface area contributed by atoms with E-state index >= 15 is 0 Å². The van der Waals surface area contributed by atoms with Crippen LogP contribution >= 0.6 is 0 Å². The fraction of sp³-hybridized carbons (Fsp3) is 0.929. The van der Waals surface area contributed by atoms with Crippen LogP contribution in [0, 0.1) is 5.92 Å². The minimum Gasteiger partial charge on any atom is -0.393 e. The molecule has 2 saturated carbocycles. The van der Waals surface area contributed by atoms with Crippen molar-refractivity contribution in [3.8, 4) is 0 Å². The van der Waals surface area contributed by atoms with E-state index in [-0.39, 0.29) is 18.1 Å². The van der Waals surface area contributed by atoms with Crippen molar-refractivity contribution in [3.63, 3.8) is 0 Å². The first-order valence-corrected chi connectivity index (χ1v) is 7.47. The normalized spacial score (nSPS) is 37.3. The monoisotopic (exact) mass is 252 g/mol. The smallest absolute Gasteiger partial charge is 0.239 e. The molecule has 0 aromatic heterocycles. The largest absolute Gasteiger partial charge is 0.393 e. The van der Waals surface area contributed by atoms with Crippen molar-refractivity contribution in [1.82, 2.24) is 10.2 Å². The summed E-state index contributed by atoms with van der Waals surface area (Å²) in [5.74, 6) is 0.584. The van der Waals surface area contributed by atoms with Gasteiger partial charge in [0.1, 0.15) is 0 Å². The summed E-state index contributed by atoms with van der Waals surface area (Å²) < 4.78 is 0. The molecule has 0 bridgehead atoms. The number of aliphatic hydroxyl groups is 1. The van der Waals surface area contributed by atoms with Crippen LogP contribution in [0.25, 0.3) is 0 Å². The number of nitrogens with zero attached hydrogens (tertiary/aromatic N) is 1. The van der Waals surface area contributed by atoms with Gasteiger partial charge in [0.2, 0.25) is 5.91 Å². The fourth-order valence-corrected chi connectivity index (χ4v) is 3.32. The number of hydrogen-bond donors (Lipinski definition) is 2. The van der Waals surface area contributed by atoms with Gasteiger partial charge in [-0.25, -0.2) is 0 Å². The Morgan fingerprint density at radius 1 is 1.17 bits per heavy atom. The molecule has 2 aliphatic carbocycles. The van der Waals surface area contributed by atoms with Crippen LogP contribution in [0.5, 0.6) is 0 Å². The number of amides is 1.